The van der Waals surface area contributed by atoms with E-state index in [0.29, 0.717) is 18.0 Å². The van der Waals surface area contributed by atoms with Crippen LogP contribution in [0.15, 0.2) is 18.2 Å². The van der Waals surface area contributed by atoms with Gasteiger partial charge in [0.15, 0.2) is 11.5 Å². The standard InChI is InChI=1S/C16H25NO4/c1-16(2,3)21-15(18)11-17-9-8-12-6-7-13(19-4)14(10-12)20-5/h6-7,10,17H,8-9,11H2,1-5H3. The average molecular weight is 295 g/mol. The smallest absolute Gasteiger partial charge is 0.320 e. The van der Waals surface area contributed by atoms with Gasteiger partial charge >= 0.3 is 5.97 Å². The van der Waals surface area contributed by atoms with Gasteiger partial charge in [0.2, 0.25) is 0 Å². The normalized spacial score (nSPS) is 11.1. The highest BCUT2D eigenvalue weighted by Crippen LogP contribution is 2.27. The van der Waals surface area contributed by atoms with E-state index in [1.165, 1.54) is 0 Å². The third-order valence-corrected chi connectivity index (χ3v) is 2.73. The van der Waals surface area contributed by atoms with E-state index in [2.05, 4.69) is 5.32 Å². The van der Waals surface area contributed by atoms with Crippen LogP contribution in [0, 0.1) is 0 Å². The summed E-state index contributed by atoms with van der Waals surface area (Å²) >= 11 is 0. The second kappa shape index (κ2) is 7.88. The lowest BCUT2D eigenvalue weighted by Gasteiger charge is -2.19. The number of rotatable bonds is 7. The summed E-state index contributed by atoms with van der Waals surface area (Å²) in [6, 6.07) is 5.80. The fraction of sp³-hybridized carbons (Fsp3) is 0.562. The van der Waals surface area contributed by atoms with Crippen molar-refractivity contribution in [2.75, 3.05) is 27.3 Å². The molecule has 0 amide bonds. The van der Waals surface area contributed by atoms with Gasteiger partial charge in [-0.05, 0) is 51.4 Å². The average Bonchev–Trinajstić information content (AvgIpc) is 2.41. The number of carbonyl (C=O) groups is 1. The minimum Gasteiger partial charge on any atom is -0.493 e. The first-order valence-electron chi connectivity index (χ1n) is 6.99. The van der Waals surface area contributed by atoms with Crippen molar-refractivity contribution in [2.24, 2.45) is 0 Å². The van der Waals surface area contributed by atoms with Gasteiger partial charge in [-0.15, -0.1) is 0 Å². The van der Waals surface area contributed by atoms with E-state index in [9.17, 15) is 4.79 Å². The van der Waals surface area contributed by atoms with Crippen molar-refractivity contribution in [3.8, 4) is 11.5 Å². The molecule has 5 heteroatoms. The van der Waals surface area contributed by atoms with E-state index in [1.54, 1.807) is 14.2 Å². The number of nitrogens with one attached hydrogen (secondary N) is 1. The van der Waals surface area contributed by atoms with E-state index < -0.39 is 5.60 Å². The molecule has 0 aliphatic heterocycles. The zero-order chi connectivity index (χ0) is 15.9. The van der Waals surface area contributed by atoms with Gasteiger partial charge in [0.1, 0.15) is 5.60 Å². The van der Waals surface area contributed by atoms with Crippen LogP contribution >= 0.6 is 0 Å². The number of ether oxygens (including phenoxy) is 3. The molecule has 0 heterocycles. The Labute approximate surface area is 126 Å². The molecule has 0 saturated heterocycles. The third kappa shape index (κ3) is 6.49. The monoisotopic (exact) mass is 295 g/mol. The minimum atomic E-state index is -0.442. The molecule has 0 aliphatic carbocycles. The van der Waals surface area contributed by atoms with Crippen molar-refractivity contribution >= 4 is 5.97 Å². The number of hydrogen-bond acceptors (Lipinski definition) is 5. The quantitative estimate of drug-likeness (QED) is 0.617. The summed E-state index contributed by atoms with van der Waals surface area (Å²) in [5, 5.41) is 3.08. The molecule has 21 heavy (non-hydrogen) atoms. The highest BCUT2D eigenvalue weighted by Gasteiger charge is 2.15. The second-order valence-corrected chi connectivity index (χ2v) is 5.70. The van der Waals surface area contributed by atoms with Crippen LogP contribution in [0.2, 0.25) is 0 Å². The van der Waals surface area contributed by atoms with Crippen LogP contribution in [0.3, 0.4) is 0 Å². The summed E-state index contributed by atoms with van der Waals surface area (Å²) < 4.78 is 15.7. The summed E-state index contributed by atoms with van der Waals surface area (Å²) in [6.07, 6.45) is 0.795. The molecule has 1 rings (SSSR count). The van der Waals surface area contributed by atoms with E-state index in [4.69, 9.17) is 14.2 Å². The Morgan fingerprint density at radius 3 is 2.38 bits per heavy atom. The molecule has 1 N–H and O–H groups in total. The maximum Gasteiger partial charge on any atom is 0.320 e. The van der Waals surface area contributed by atoms with Crippen molar-refractivity contribution < 1.29 is 19.0 Å². The van der Waals surface area contributed by atoms with Crippen LogP contribution in [0.1, 0.15) is 26.3 Å². The van der Waals surface area contributed by atoms with Crippen LogP contribution in [-0.4, -0.2) is 38.9 Å². The molecular weight excluding hydrogens is 270 g/mol. The lowest BCUT2D eigenvalue weighted by atomic mass is 10.1. The number of carbonyl (C=O) groups excluding carboxylic acids is 1. The third-order valence-electron chi connectivity index (χ3n) is 2.73. The van der Waals surface area contributed by atoms with Gasteiger partial charge < -0.3 is 19.5 Å². The van der Waals surface area contributed by atoms with Gasteiger partial charge in [-0.25, -0.2) is 0 Å². The van der Waals surface area contributed by atoms with Gasteiger partial charge in [0.05, 0.1) is 20.8 Å². The van der Waals surface area contributed by atoms with E-state index >= 15 is 0 Å². The highest BCUT2D eigenvalue weighted by atomic mass is 16.6. The molecule has 0 spiro atoms. The van der Waals surface area contributed by atoms with E-state index in [-0.39, 0.29) is 12.5 Å². The summed E-state index contributed by atoms with van der Waals surface area (Å²) in [5.41, 5.74) is 0.673. The molecule has 0 radical (unpaired) electrons. The Morgan fingerprint density at radius 2 is 1.81 bits per heavy atom. The molecule has 1 aromatic rings. The Kier molecular flexibility index (Phi) is 6.49. The summed E-state index contributed by atoms with van der Waals surface area (Å²) in [5.74, 6) is 1.18. The van der Waals surface area contributed by atoms with Gasteiger partial charge in [-0.3, -0.25) is 4.79 Å². The fourth-order valence-corrected chi connectivity index (χ4v) is 1.84. The van der Waals surface area contributed by atoms with Crippen molar-refractivity contribution in [3.05, 3.63) is 23.8 Å². The largest absolute Gasteiger partial charge is 0.493 e. The van der Waals surface area contributed by atoms with Crippen molar-refractivity contribution in [1.82, 2.24) is 5.32 Å². The first-order chi connectivity index (χ1) is 9.85. The van der Waals surface area contributed by atoms with Crippen molar-refractivity contribution in [1.29, 1.82) is 0 Å². The van der Waals surface area contributed by atoms with Crippen LogP contribution in [0.5, 0.6) is 11.5 Å². The molecule has 0 unspecified atom stereocenters. The van der Waals surface area contributed by atoms with Crippen LogP contribution < -0.4 is 14.8 Å². The van der Waals surface area contributed by atoms with Gasteiger partial charge in [-0.2, -0.15) is 0 Å². The zero-order valence-electron chi connectivity index (χ0n) is 13.5. The summed E-state index contributed by atoms with van der Waals surface area (Å²) in [7, 11) is 3.22. The number of hydrogen-bond donors (Lipinski definition) is 1. The van der Waals surface area contributed by atoms with Gasteiger partial charge in [0.25, 0.3) is 0 Å². The second-order valence-electron chi connectivity index (χ2n) is 5.70. The number of benzene rings is 1. The van der Waals surface area contributed by atoms with Crippen LogP contribution in [0.25, 0.3) is 0 Å². The van der Waals surface area contributed by atoms with Crippen LogP contribution in [0.4, 0.5) is 0 Å². The molecule has 0 fully saturated rings. The number of methoxy groups -OCH3 is 2. The molecule has 0 atom stereocenters. The first kappa shape index (κ1) is 17.3. The van der Waals surface area contributed by atoms with E-state index in [1.807, 2.05) is 39.0 Å². The lowest BCUT2D eigenvalue weighted by Crippen LogP contribution is -2.32. The van der Waals surface area contributed by atoms with Gasteiger partial charge in [-0.1, -0.05) is 6.07 Å². The van der Waals surface area contributed by atoms with Gasteiger partial charge in [0, 0.05) is 0 Å². The van der Waals surface area contributed by atoms with Crippen molar-refractivity contribution in [3.63, 3.8) is 0 Å². The molecule has 1 aromatic carbocycles. The Morgan fingerprint density at radius 1 is 1.14 bits per heavy atom. The summed E-state index contributed by atoms with van der Waals surface area (Å²) in [4.78, 5) is 11.5. The first-order valence-corrected chi connectivity index (χ1v) is 6.99. The highest BCUT2D eigenvalue weighted by molar-refractivity contribution is 5.72. The predicted molar refractivity (Wildman–Crippen MR) is 82.0 cm³/mol. The Balaban J connectivity index is 2.38. The topological polar surface area (TPSA) is 56.8 Å². The SMILES string of the molecule is COc1ccc(CCNCC(=O)OC(C)(C)C)cc1OC. The molecule has 118 valence electrons. The van der Waals surface area contributed by atoms with Crippen LogP contribution in [-0.2, 0) is 16.0 Å². The molecule has 0 aromatic heterocycles. The predicted octanol–water partition coefficient (Wildman–Crippen LogP) is 2.18. The van der Waals surface area contributed by atoms with Crippen molar-refractivity contribution in [2.45, 2.75) is 32.8 Å². The molecule has 5 nitrogen and oxygen atoms in total. The molecule has 0 saturated carbocycles. The number of esters is 1. The summed E-state index contributed by atoms with van der Waals surface area (Å²) in [6.45, 7) is 6.47. The lowest BCUT2D eigenvalue weighted by molar-refractivity contribution is -0.153. The maximum atomic E-state index is 11.5. The molecule has 0 aliphatic rings. The molecule has 0 bridgehead atoms. The fourth-order valence-electron chi connectivity index (χ4n) is 1.84. The maximum absolute atomic E-state index is 11.5. The Hall–Kier alpha value is -1.75. The zero-order valence-corrected chi connectivity index (χ0v) is 13.5. The van der Waals surface area contributed by atoms with E-state index in [0.717, 1.165) is 12.0 Å². The Bertz CT molecular complexity index is 466. The molecular formula is C16H25NO4. The minimum absolute atomic E-state index is 0.213.